The highest BCUT2D eigenvalue weighted by Gasteiger charge is 2.17. The lowest BCUT2D eigenvalue weighted by atomic mass is 10.2. The van der Waals surface area contributed by atoms with Gasteiger partial charge in [-0.15, -0.1) is 0 Å². The normalized spacial score (nSPS) is 11.1. The number of carboxylic acid groups (broad SMARTS) is 1. The van der Waals surface area contributed by atoms with Gasteiger partial charge in [0, 0.05) is 4.47 Å². The number of benzene rings is 2. The molecule has 0 unspecified atom stereocenters. The molecule has 0 aliphatic carbocycles. The maximum Gasteiger partial charge on any atom is 0.335 e. The van der Waals surface area contributed by atoms with Crippen molar-refractivity contribution in [3.05, 3.63) is 58.3 Å². The number of anilines is 1. The topological polar surface area (TPSA) is 83.5 Å². The number of sulfonamides is 1. The fourth-order valence-electron chi connectivity index (χ4n) is 1.57. The minimum Gasteiger partial charge on any atom is -0.478 e. The SMILES string of the molecule is O=C(O)c1ccc(F)c(NS(=O)(=O)c2cccc(Br)c2)c1. The Labute approximate surface area is 128 Å². The molecular weight excluding hydrogens is 365 g/mol. The van der Waals surface area contributed by atoms with Crippen LogP contribution in [0.5, 0.6) is 0 Å². The van der Waals surface area contributed by atoms with Gasteiger partial charge in [0.2, 0.25) is 0 Å². The summed E-state index contributed by atoms with van der Waals surface area (Å²) in [5.74, 6) is -2.14. The van der Waals surface area contributed by atoms with Gasteiger partial charge in [0.25, 0.3) is 10.0 Å². The van der Waals surface area contributed by atoms with Crippen molar-refractivity contribution in [3.63, 3.8) is 0 Å². The zero-order valence-electron chi connectivity index (χ0n) is 10.4. The van der Waals surface area contributed by atoms with E-state index < -0.39 is 27.5 Å². The van der Waals surface area contributed by atoms with Gasteiger partial charge in [-0.3, -0.25) is 4.72 Å². The van der Waals surface area contributed by atoms with Gasteiger partial charge in [-0.1, -0.05) is 22.0 Å². The number of hydrogen-bond donors (Lipinski definition) is 2. The molecular formula is C13H9BrFNO4S. The van der Waals surface area contributed by atoms with Crippen LogP contribution in [0.15, 0.2) is 51.8 Å². The molecule has 8 heteroatoms. The molecule has 110 valence electrons. The lowest BCUT2D eigenvalue weighted by Gasteiger charge is -2.10. The highest BCUT2D eigenvalue weighted by atomic mass is 79.9. The van der Waals surface area contributed by atoms with E-state index in [0.717, 1.165) is 18.2 Å². The van der Waals surface area contributed by atoms with Crippen LogP contribution in [-0.4, -0.2) is 19.5 Å². The Balaban J connectivity index is 2.41. The monoisotopic (exact) mass is 373 g/mol. The van der Waals surface area contributed by atoms with E-state index in [1.807, 2.05) is 4.72 Å². The summed E-state index contributed by atoms with van der Waals surface area (Å²) in [6.45, 7) is 0. The third kappa shape index (κ3) is 3.59. The second-order valence-corrected chi connectivity index (χ2v) is 6.66. The van der Waals surface area contributed by atoms with E-state index in [1.54, 1.807) is 6.07 Å². The van der Waals surface area contributed by atoms with Crippen LogP contribution in [0.4, 0.5) is 10.1 Å². The summed E-state index contributed by atoms with van der Waals surface area (Å²) < 4.78 is 40.5. The summed E-state index contributed by atoms with van der Waals surface area (Å²) in [6.07, 6.45) is 0. The molecule has 0 saturated carbocycles. The molecule has 2 N–H and O–H groups in total. The fraction of sp³-hybridized carbons (Fsp3) is 0. The number of carboxylic acids is 1. The van der Waals surface area contributed by atoms with E-state index in [-0.39, 0.29) is 10.5 Å². The largest absolute Gasteiger partial charge is 0.478 e. The Morgan fingerprint density at radius 1 is 1.19 bits per heavy atom. The summed E-state index contributed by atoms with van der Waals surface area (Å²) in [5, 5.41) is 8.85. The minimum atomic E-state index is -4.01. The molecule has 0 radical (unpaired) electrons. The maximum atomic E-state index is 13.6. The Morgan fingerprint density at radius 2 is 1.90 bits per heavy atom. The summed E-state index contributed by atoms with van der Waals surface area (Å²) in [5.41, 5.74) is -0.641. The average Bonchev–Trinajstić information content (AvgIpc) is 2.41. The molecule has 2 aromatic rings. The summed E-state index contributed by atoms with van der Waals surface area (Å²) in [7, 11) is -4.01. The van der Waals surface area contributed by atoms with Crippen molar-refractivity contribution < 1.29 is 22.7 Å². The van der Waals surface area contributed by atoms with Crippen molar-refractivity contribution in [2.75, 3.05) is 4.72 Å². The second kappa shape index (κ2) is 5.82. The van der Waals surface area contributed by atoms with Crippen molar-refractivity contribution >= 4 is 37.6 Å². The van der Waals surface area contributed by atoms with Gasteiger partial charge >= 0.3 is 5.97 Å². The highest BCUT2D eigenvalue weighted by Crippen LogP contribution is 2.22. The van der Waals surface area contributed by atoms with Crippen LogP contribution in [0.3, 0.4) is 0 Å². The van der Waals surface area contributed by atoms with E-state index in [4.69, 9.17) is 5.11 Å². The molecule has 0 aliphatic rings. The number of carbonyl (C=O) groups is 1. The van der Waals surface area contributed by atoms with Gasteiger partial charge in [0.1, 0.15) is 5.82 Å². The number of aromatic carboxylic acids is 1. The molecule has 0 aliphatic heterocycles. The molecule has 0 heterocycles. The molecule has 0 bridgehead atoms. The Hall–Kier alpha value is -1.93. The van der Waals surface area contributed by atoms with Gasteiger partial charge in [0.15, 0.2) is 0 Å². The Bertz CT molecular complexity index is 808. The van der Waals surface area contributed by atoms with Gasteiger partial charge < -0.3 is 5.11 Å². The van der Waals surface area contributed by atoms with Crippen LogP contribution in [-0.2, 0) is 10.0 Å². The van der Waals surface area contributed by atoms with E-state index in [1.165, 1.54) is 18.2 Å². The first-order valence-electron chi connectivity index (χ1n) is 5.61. The van der Waals surface area contributed by atoms with E-state index in [0.29, 0.717) is 4.47 Å². The van der Waals surface area contributed by atoms with Gasteiger partial charge in [0.05, 0.1) is 16.1 Å². The van der Waals surface area contributed by atoms with E-state index in [9.17, 15) is 17.6 Å². The standard InChI is InChI=1S/C13H9BrFNO4S/c14-9-2-1-3-10(7-9)21(19,20)16-12-6-8(13(17)18)4-5-11(12)15/h1-7,16H,(H,17,18). The van der Waals surface area contributed by atoms with Crippen molar-refractivity contribution in [2.24, 2.45) is 0 Å². The molecule has 0 atom stereocenters. The third-order valence-electron chi connectivity index (χ3n) is 2.56. The fourth-order valence-corrected chi connectivity index (χ4v) is 3.23. The predicted octanol–water partition coefficient (Wildman–Crippen LogP) is 3.09. The smallest absolute Gasteiger partial charge is 0.335 e. The van der Waals surface area contributed by atoms with Gasteiger partial charge in [-0.2, -0.15) is 0 Å². The van der Waals surface area contributed by atoms with Crippen molar-refractivity contribution in [2.45, 2.75) is 4.90 Å². The van der Waals surface area contributed by atoms with E-state index >= 15 is 0 Å². The average molecular weight is 374 g/mol. The summed E-state index contributed by atoms with van der Waals surface area (Å²) >= 11 is 3.14. The molecule has 5 nitrogen and oxygen atoms in total. The second-order valence-electron chi connectivity index (χ2n) is 4.06. The molecule has 0 aromatic heterocycles. The van der Waals surface area contributed by atoms with E-state index in [2.05, 4.69) is 15.9 Å². The molecule has 21 heavy (non-hydrogen) atoms. The number of hydrogen-bond acceptors (Lipinski definition) is 3. The molecule has 0 fully saturated rings. The molecule has 2 aromatic carbocycles. The summed E-state index contributed by atoms with van der Waals surface area (Å²) in [6, 6.07) is 8.71. The zero-order chi connectivity index (χ0) is 15.6. The molecule has 2 rings (SSSR count). The quantitative estimate of drug-likeness (QED) is 0.862. The summed E-state index contributed by atoms with van der Waals surface area (Å²) in [4.78, 5) is 10.8. The van der Waals surface area contributed by atoms with Gasteiger partial charge in [-0.25, -0.2) is 17.6 Å². The number of rotatable bonds is 4. The van der Waals surface area contributed by atoms with Crippen LogP contribution >= 0.6 is 15.9 Å². The molecule has 0 spiro atoms. The molecule has 0 amide bonds. The van der Waals surface area contributed by atoms with Crippen LogP contribution < -0.4 is 4.72 Å². The van der Waals surface area contributed by atoms with Crippen molar-refractivity contribution in [3.8, 4) is 0 Å². The van der Waals surface area contributed by atoms with Crippen molar-refractivity contribution in [1.82, 2.24) is 0 Å². The lowest BCUT2D eigenvalue weighted by molar-refractivity contribution is 0.0697. The maximum absolute atomic E-state index is 13.6. The first kappa shape index (κ1) is 15.5. The minimum absolute atomic E-state index is 0.0722. The third-order valence-corrected chi connectivity index (χ3v) is 4.42. The van der Waals surface area contributed by atoms with Crippen molar-refractivity contribution in [1.29, 1.82) is 0 Å². The number of halogens is 2. The zero-order valence-corrected chi connectivity index (χ0v) is 12.8. The highest BCUT2D eigenvalue weighted by molar-refractivity contribution is 9.10. The Morgan fingerprint density at radius 3 is 2.52 bits per heavy atom. The van der Waals surface area contributed by atoms with Crippen LogP contribution in [0, 0.1) is 5.82 Å². The van der Waals surface area contributed by atoms with Crippen LogP contribution in [0.1, 0.15) is 10.4 Å². The van der Waals surface area contributed by atoms with Crippen LogP contribution in [0.2, 0.25) is 0 Å². The first-order chi connectivity index (χ1) is 9.79. The van der Waals surface area contributed by atoms with Crippen LogP contribution in [0.25, 0.3) is 0 Å². The lowest BCUT2D eigenvalue weighted by Crippen LogP contribution is -2.14. The predicted molar refractivity (Wildman–Crippen MR) is 78.3 cm³/mol. The Kier molecular flexibility index (Phi) is 4.29. The first-order valence-corrected chi connectivity index (χ1v) is 7.88. The number of nitrogens with one attached hydrogen (secondary N) is 1. The molecule has 0 saturated heterocycles. The van der Waals surface area contributed by atoms with Gasteiger partial charge in [-0.05, 0) is 36.4 Å².